The average molecular weight is 602 g/mol. The number of halogens is 2. The Balaban J connectivity index is 1.40. The third-order valence-corrected chi connectivity index (χ3v) is 6.87. The maximum atomic E-state index is 14.6. The Kier molecular flexibility index (Phi) is 8.59. The Morgan fingerprint density at radius 3 is 2.28 bits per heavy atom. The van der Waals surface area contributed by atoms with Crippen LogP contribution in [-0.2, 0) is 0 Å². The number of benzene rings is 4. The van der Waals surface area contributed by atoms with E-state index in [0.717, 1.165) is 0 Å². The third kappa shape index (κ3) is 5.86. The molecule has 5 rings (SSSR count). The zero-order valence-corrected chi connectivity index (χ0v) is 24.0. The number of para-hydroxylation sites is 2. The number of aromatic nitrogens is 1. The first-order valence-electron chi connectivity index (χ1n) is 12.9. The van der Waals surface area contributed by atoms with Crippen molar-refractivity contribution in [2.45, 2.75) is 0 Å². The van der Waals surface area contributed by atoms with E-state index in [1.54, 1.807) is 60.7 Å². The van der Waals surface area contributed by atoms with Crippen molar-refractivity contribution in [2.24, 2.45) is 5.10 Å². The lowest BCUT2D eigenvalue weighted by atomic mass is 10.0. The van der Waals surface area contributed by atoms with Crippen molar-refractivity contribution < 1.29 is 32.9 Å². The van der Waals surface area contributed by atoms with Crippen LogP contribution in [0.4, 0.5) is 4.39 Å². The Labute approximate surface area is 250 Å². The van der Waals surface area contributed by atoms with Crippen LogP contribution >= 0.6 is 11.6 Å². The molecule has 0 aliphatic heterocycles. The lowest BCUT2D eigenvalue weighted by Gasteiger charge is -2.14. The highest BCUT2D eigenvalue weighted by molar-refractivity contribution is 6.34. The van der Waals surface area contributed by atoms with E-state index in [9.17, 15) is 14.0 Å². The second-order valence-electron chi connectivity index (χ2n) is 9.06. The van der Waals surface area contributed by atoms with E-state index in [1.807, 2.05) is 0 Å². The van der Waals surface area contributed by atoms with Crippen LogP contribution in [-0.4, -0.2) is 44.4 Å². The number of ether oxygens (including phenoxy) is 4. The molecule has 1 heterocycles. The molecule has 2 N–H and O–H groups in total. The van der Waals surface area contributed by atoms with Gasteiger partial charge in [-0.1, -0.05) is 54.1 Å². The lowest BCUT2D eigenvalue weighted by Crippen LogP contribution is -2.19. The molecule has 0 saturated heterocycles. The number of fused-ring (bicyclic) bond motifs is 1. The van der Waals surface area contributed by atoms with Crippen molar-refractivity contribution in [2.75, 3.05) is 21.3 Å². The van der Waals surface area contributed by atoms with Gasteiger partial charge in [-0.15, -0.1) is 0 Å². The maximum absolute atomic E-state index is 14.6. The van der Waals surface area contributed by atoms with Crippen LogP contribution < -0.4 is 24.4 Å². The van der Waals surface area contributed by atoms with Gasteiger partial charge in [0.15, 0.2) is 11.5 Å². The van der Waals surface area contributed by atoms with Gasteiger partial charge in [-0.2, -0.15) is 5.10 Å². The van der Waals surface area contributed by atoms with E-state index < -0.39 is 17.7 Å². The molecule has 0 aliphatic carbocycles. The monoisotopic (exact) mass is 601 g/mol. The number of methoxy groups -OCH3 is 3. The first-order chi connectivity index (χ1) is 20.9. The maximum Gasteiger partial charge on any atom is 0.343 e. The summed E-state index contributed by atoms with van der Waals surface area (Å²) in [6.07, 6.45) is 1.33. The summed E-state index contributed by atoms with van der Waals surface area (Å²) in [6, 6.07) is 21.1. The topological polar surface area (TPSA) is 111 Å². The summed E-state index contributed by atoms with van der Waals surface area (Å²) in [4.78, 5) is 29.2. The second kappa shape index (κ2) is 12.7. The number of hydrogen-bond acceptors (Lipinski definition) is 7. The van der Waals surface area contributed by atoms with Gasteiger partial charge < -0.3 is 23.9 Å². The van der Waals surface area contributed by atoms with E-state index in [-0.39, 0.29) is 22.5 Å². The Bertz CT molecular complexity index is 1840. The number of rotatable bonds is 9. The summed E-state index contributed by atoms with van der Waals surface area (Å²) in [5, 5.41) is 4.96. The van der Waals surface area contributed by atoms with Gasteiger partial charge in [-0.05, 0) is 36.4 Å². The van der Waals surface area contributed by atoms with Gasteiger partial charge in [0.1, 0.15) is 17.3 Å². The summed E-state index contributed by atoms with van der Waals surface area (Å²) >= 11 is 6.44. The van der Waals surface area contributed by atoms with Crippen molar-refractivity contribution in [1.29, 1.82) is 0 Å². The van der Waals surface area contributed by atoms with Crippen molar-refractivity contribution in [3.05, 3.63) is 107 Å². The fourth-order valence-electron chi connectivity index (χ4n) is 4.55. The van der Waals surface area contributed by atoms with Crippen LogP contribution in [0.5, 0.6) is 23.0 Å². The van der Waals surface area contributed by atoms with E-state index >= 15 is 0 Å². The molecule has 0 spiro atoms. The number of esters is 1. The van der Waals surface area contributed by atoms with Crippen molar-refractivity contribution in [1.82, 2.24) is 10.4 Å². The molecule has 1 aromatic heterocycles. The largest absolute Gasteiger partial charge is 0.493 e. The zero-order valence-electron chi connectivity index (χ0n) is 23.2. The first-order valence-corrected chi connectivity index (χ1v) is 13.2. The summed E-state index contributed by atoms with van der Waals surface area (Å²) in [5.74, 6) is -0.735. The molecule has 0 unspecified atom stereocenters. The Morgan fingerprint density at radius 1 is 0.884 bits per heavy atom. The van der Waals surface area contributed by atoms with E-state index in [4.69, 9.17) is 30.5 Å². The van der Waals surface area contributed by atoms with E-state index in [0.29, 0.717) is 44.3 Å². The van der Waals surface area contributed by atoms with Crippen molar-refractivity contribution in [3.63, 3.8) is 0 Å². The minimum Gasteiger partial charge on any atom is -0.493 e. The van der Waals surface area contributed by atoms with Gasteiger partial charge in [-0.25, -0.2) is 14.6 Å². The lowest BCUT2D eigenvalue weighted by molar-refractivity contribution is 0.0733. The van der Waals surface area contributed by atoms with Crippen LogP contribution in [0, 0.1) is 5.82 Å². The van der Waals surface area contributed by atoms with Crippen LogP contribution in [0.15, 0.2) is 84.0 Å². The number of carbonyl (C=O) groups excluding carboxylic acids is 2. The fourth-order valence-corrected chi connectivity index (χ4v) is 4.78. The highest BCUT2D eigenvalue weighted by Crippen LogP contribution is 2.39. The molecule has 0 aliphatic rings. The van der Waals surface area contributed by atoms with Crippen molar-refractivity contribution in [3.8, 4) is 34.1 Å². The number of amides is 1. The summed E-state index contributed by atoms with van der Waals surface area (Å²) < 4.78 is 36.2. The predicted molar refractivity (Wildman–Crippen MR) is 161 cm³/mol. The van der Waals surface area contributed by atoms with Gasteiger partial charge in [0.05, 0.1) is 38.6 Å². The molecule has 218 valence electrons. The molecular weight excluding hydrogens is 577 g/mol. The fraction of sp³-hybridized carbons (Fsp3) is 0.0938. The van der Waals surface area contributed by atoms with Crippen LogP contribution in [0.1, 0.15) is 26.4 Å². The van der Waals surface area contributed by atoms with Crippen molar-refractivity contribution >= 4 is 40.6 Å². The molecule has 11 heteroatoms. The highest BCUT2D eigenvalue weighted by atomic mass is 35.5. The van der Waals surface area contributed by atoms with Gasteiger partial charge >= 0.3 is 5.97 Å². The standard InChI is InChI=1S/C32H25ClFN3O6/c1-40-25-15-19(16-26(41-2)30(25)42-3)32(39)43-24-14-7-4-9-18(24)17-35-37-31(38)29-27(20-10-5-6-12-22(20)33)21-11-8-13-23(34)28(21)36-29/h4-17,36H,1-3H3,(H,37,38). The summed E-state index contributed by atoms with van der Waals surface area (Å²) in [7, 11) is 4.34. The Hall–Kier alpha value is -5.35. The summed E-state index contributed by atoms with van der Waals surface area (Å²) in [6.45, 7) is 0. The third-order valence-electron chi connectivity index (χ3n) is 6.55. The van der Waals surface area contributed by atoms with Gasteiger partial charge in [0.2, 0.25) is 5.75 Å². The molecule has 0 radical (unpaired) electrons. The van der Waals surface area contributed by atoms with Crippen LogP contribution in [0.3, 0.4) is 0 Å². The second-order valence-corrected chi connectivity index (χ2v) is 9.46. The number of hydrazone groups is 1. The van der Waals surface area contributed by atoms with Gasteiger partial charge in [0, 0.05) is 27.1 Å². The van der Waals surface area contributed by atoms with Crippen LogP contribution in [0.2, 0.25) is 5.02 Å². The van der Waals surface area contributed by atoms with Crippen LogP contribution in [0.25, 0.3) is 22.0 Å². The molecule has 43 heavy (non-hydrogen) atoms. The quantitative estimate of drug-likeness (QED) is 0.0848. The number of carbonyl (C=O) groups is 2. The number of H-pyrrole nitrogens is 1. The number of aromatic amines is 1. The minimum atomic E-state index is -0.686. The van der Waals surface area contributed by atoms with E-state index in [1.165, 1.54) is 45.7 Å². The molecule has 0 atom stereocenters. The molecule has 1 amide bonds. The zero-order chi connectivity index (χ0) is 30.5. The first kappa shape index (κ1) is 29.2. The predicted octanol–water partition coefficient (Wildman–Crippen LogP) is 6.64. The number of nitrogens with zero attached hydrogens (tertiary/aromatic N) is 1. The molecule has 9 nitrogen and oxygen atoms in total. The molecule has 0 fully saturated rings. The SMILES string of the molecule is COc1cc(C(=O)Oc2ccccc2C=NNC(=O)c2[nH]c3c(F)cccc3c2-c2ccccc2Cl)cc(OC)c1OC. The van der Waals surface area contributed by atoms with E-state index in [2.05, 4.69) is 15.5 Å². The molecular formula is C32H25ClFN3O6. The smallest absolute Gasteiger partial charge is 0.343 e. The molecule has 5 aromatic rings. The number of hydrogen-bond donors (Lipinski definition) is 2. The average Bonchev–Trinajstić information content (AvgIpc) is 3.42. The van der Waals surface area contributed by atoms with Gasteiger partial charge in [0.25, 0.3) is 5.91 Å². The number of nitrogens with one attached hydrogen (secondary N) is 2. The molecule has 0 bridgehead atoms. The highest BCUT2D eigenvalue weighted by Gasteiger charge is 2.23. The normalized spacial score (nSPS) is 11.0. The van der Waals surface area contributed by atoms with Gasteiger partial charge in [-0.3, -0.25) is 4.79 Å². The minimum absolute atomic E-state index is 0.0764. The molecule has 0 saturated carbocycles. The summed E-state index contributed by atoms with van der Waals surface area (Å²) in [5.41, 5.74) is 4.25. The Morgan fingerprint density at radius 2 is 1.58 bits per heavy atom. The molecule has 4 aromatic carbocycles.